The van der Waals surface area contributed by atoms with Crippen LogP contribution in [0.4, 0.5) is 5.69 Å². The van der Waals surface area contributed by atoms with E-state index < -0.39 is 0 Å². The van der Waals surface area contributed by atoms with E-state index in [4.69, 9.17) is 5.73 Å². The van der Waals surface area contributed by atoms with Crippen molar-refractivity contribution in [3.05, 3.63) is 29.3 Å². The third-order valence-corrected chi connectivity index (χ3v) is 3.49. The summed E-state index contributed by atoms with van der Waals surface area (Å²) in [6.07, 6.45) is 0. The molecule has 1 aromatic carbocycles. The van der Waals surface area contributed by atoms with E-state index in [2.05, 4.69) is 37.9 Å². The first-order valence-electron chi connectivity index (χ1n) is 7.23. The van der Waals surface area contributed by atoms with Crippen molar-refractivity contribution in [1.29, 1.82) is 0 Å². The first-order chi connectivity index (χ1) is 9.32. The number of carbonyl (C=O) groups excluding carboxylic acids is 1. The molecule has 0 unspecified atom stereocenters. The first kappa shape index (κ1) is 16.5. The average molecular weight is 277 g/mol. The van der Waals surface area contributed by atoms with Crippen LogP contribution >= 0.6 is 0 Å². The molecule has 3 N–H and O–H groups in total. The van der Waals surface area contributed by atoms with Gasteiger partial charge in [0.25, 0.3) is 5.91 Å². The van der Waals surface area contributed by atoms with Gasteiger partial charge < -0.3 is 11.1 Å². The van der Waals surface area contributed by atoms with Crippen LogP contribution in [0.3, 0.4) is 0 Å². The largest absolute Gasteiger partial charge is 0.399 e. The number of hydrogen-bond donors (Lipinski definition) is 2. The van der Waals surface area contributed by atoms with Crippen LogP contribution in [0.1, 0.15) is 43.6 Å². The Bertz CT molecular complexity index is 447. The van der Waals surface area contributed by atoms with Crippen molar-refractivity contribution in [2.45, 2.75) is 46.7 Å². The van der Waals surface area contributed by atoms with Crippen molar-refractivity contribution in [1.82, 2.24) is 10.2 Å². The predicted octanol–water partition coefficient (Wildman–Crippen LogP) is 2.43. The highest BCUT2D eigenvalue weighted by molar-refractivity contribution is 5.96. The molecule has 0 aliphatic carbocycles. The highest BCUT2D eigenvalue weighted by atomic mass is 16.1. The quantitative estimate of drug-likeness (QED) is 0.785. The number of hydrogen-bond acceptors (Lipinski definition) is 3. The van der Waals surface area contributed by atoms with Gasteiger partial charge in [-0.1, -0.05) is 6.07 Å². The Morgan fingerprint density at radius 1 is 1.25 bits per heavy atom. The SMILES string of the molecule is Cc1ccc(N)cc1C(=O)NCCN(C(C)C)C(C)C. The van der Waals surface area contributed by atoms with Gasteiger partial charge in [0.2, 0.25) is 0 Å². The van der Waals surface area contributed by atoms with Crippen LogP contribution in [0.25, 0.3) is 0 Å². The molecule has 1 aromatic rings. The molecule has 0 radical (unpaired) electrons. The third-order valence-electron chi connectivity index (χ3n) is 3.49. The predicted molar refractivity (Wildman–Crippen MR) is 84.9 cm³/mol. The Morgan fingerprint density at radius 3 is 2.40 bits per heavy atom. The summed E-state index contributed by atoms with van der Waals surface area (Å²) in [4.78, 5) is 14.5. The van der Waals surface area contributed by atoms with Gasteiger partial charge in [-0.25, -0.2) is 0 Å². The first-order valence-corrected chi connectivity index (χ1v) is 7.23. The molecule has 0 aliphatic heterocycles. The summed E-state index contributed by atoms with van der Waals surface area (Å²) in [5.74, 6) is -0.0535. The molecule has 0 saturated heterocycles. The fourth-order valence-corrected chi connectivity index (χ4v) is 2.39. The summed E-state index contributed by atoms with van der Waals surface area (Å²) in [5, 5.41) is 2.97. The van der Waals surface area contributed by atoms with E-state index in [1.165, 1.54) is 0 Å². The van der Waals surface area contributed by atoms with E-state index in [0.29, 0.717) is 29.9 Å². The Balaban J connectivity index is 2.57. The lowest BCUT2D eigenvalue weighted by Crippen LogP contribution is -2.42. The highest BCUT2D eigenvalue weighted by Gasteiger charge is 2.14. The van der Waals surface area contributed by atoms with Crippen LogP contribution in [0.15, 0.2) is 18.2 Å². The minimum atomic E-state index is -0.0535. The van der Waals surface area contributed by atoms with Gasteiger partial charge in [-0.05, 0) is 52.3 Å². The number of nitrogens with zero attached hydrogens (tertiary/aromatic N) is 1. The average Bonchev–Trinajstić information content (AvgIpc) is 2.36. The molecule has 0 fully saturated rings. The number of nitrogen functional groups attached to an aromatic ring is 1. The van der Waals surface area contributed by atoms with Gasteiger partial charge >= 0.3 is 0 Å². The minimum absolute atomic E-state index is 0.0535. The molecule has 112 valence electrons. The summed E-state index contributed by atoms with van der Waals surface area (Å²) in [6, 6.07) is 6.36. The molecular formula is C16H27N3O. The van der Waals surface area contributed by atoms with E-state index in [9.17, 15) is 4.79 Å². The lowest BCUT2D eigenvalue weighted by atomic mass is 10.1. The summed E-state index contributed by atoms with van der Waals surface area (Å²) >= 11 is 0. The van der Waals surface area contributed by atoms with Gasteiger partial charge in [-0.15, -0.1) is 0 Å². The standard InChI is InChI=1S/C16H27N3O/c1-11(2)19(12(3)4)9-8-18-16(20)15-10-14(17)7-6-13(15)5/h6-7,10-12H,8-9,17H2,1-5H3,(H,18,20). The minimum Gasteiger partial charge on any atom is -0.399 e. The second-order valence-electron chi connectivity index (χ2n) is 5.76. The van der Waals surface area contributed by atoms with Gasteiger partial charge in [0.15, 0.2) is 0 Å². The molecular weight excluding hydrogens is 250 g/mol. The monoisotopic (exact) mass is 277 g/mol. The van der Waals surface area contributed by atoms with E-state index in [0.717, 1.165) is 12.1 Å². The summed E-state index contributed by atoms with van der Waals surface area (Å²) < 4.78 is 0. The van der Waals surface area contributed by atoms with Crippen LogP contribution in [-0.2, 0) is 0 Å². The second-order valence-corrected chi connectivity index (χ2v) is 5.76. The topological polar surface area (TPSA) is 58.4 Å². The van der Waals surface area contributed by atoms with Gasteiger partial charge in [-0.2, -0.15) is 0 Å². The zero-order chi connectivity index (χ0) is 15.3. The zero-order valence-corrected chi connectivity index (χ0v) is 13.2. The molecule has 1 amide bonds. The van der Waals surface area contributed by atoms with Gasteiger partial charge in [0.1, 0.15) is 0 Å². The Morgan fingerprint density at radius 2 is 1.85 bits per heavy atom. The highest BCUT2D eigenvalue weighted by Crippen LogP contribution is 2.12. The lowest BCUT2D eigenvalue weighted by Gasteiger charge is -2.30. The number of anilines is 1. The molecule has 1 rings (SSSR count). The van der Waals surface area contributed by atoms with Crippen LogP contribution in [0.2, 0.25) is 0 Å². The van der Waals surface area contributed by atoms with Crippen LogP contribution in [-0.4, -0.2) is 36.0 Å². The molecule has 0 aliphatic rings. The smallest absolute Gasteiger partial charge is 0.251 e. The third kappa shape index (κ3) is 4.53. The van der Waals surface area contributed by atoms with Crippen molar-refractivity contribution in [3.8, 4) is 0 Å². The molecule has 4 nitrogen and oxygen atoms in total. The molecule has 0 spiro atoms. The number of rotatable bonds is 6. The van der Waals surface area contributed by atoms with Crippen LogP contribution in [0, 0.1) is 6.92 Å². The maximum absolute atomic E-state index is 12.2. The Labute approximate surface area is 122 Å². The van der Waals surface area contributed by atoms with Gasteiger partial charge in [-0.3, -0.25) is 9.69 Å². The normalized spacial score (nSPS) is 11.4. The summed E-state index contributed by atoms with van der Waals surface area (Å²) in [5.41, 5.74) is 7.95. The van der Waals surface area contributed by atoms with Crippen molar-refractivity contribution >= 4 is 11.6 Å². The molecule has 0 saturated carbocycles. The second kappa shape index (κ2) is 7.29. The van der Waals surface area contributed by atoms with Crippen LogP contribution in [0.5, 0.6) is 0 Å². The fraction of sp³-hybridized carbons (Fsp3) is 0.562. The zero-order valence-electron chi connectivity index (χ0n) is 13.2. The number of carbonyl (C=O) groups is 1. The van der Waals surface area contributed by atoms with Crippen molar-refractivity contribution in [2.75, 3.05) is 18.8 Å². The van der Waals surface area contributed by atoms with Crippen molar-refractivity contribution in [2.24, 2.45) is 0 Å². The van der Waals surface area contributed by atoms with Crippen molar-refractivity contribution < 1.29 is 4.79 Å². The van der Waals surface area contributed by atoms with E-state index in [1.807, 2.05) is 19.1 Å². The number of benzene rings is 1. The number of aryl methyl sites for hydroxylation is 1. The summed E-state index contributed by atoms with van der Waals surface area (Å²) in [7, 11) is 0. The molecule has 0 heterocycles. The lowest BCUT2D eigenvalue weighted by molar-refractivity contribution is 0.0939. The maximum atomic E-state index is 12.2. The van der Waals surface area contributed by atoms with E-state index >= 15 is 0 Å². The number of amides is 1. The van der Waals surface area contributed by atoms with Crippen LogP contribution < -0.4 is 11.1 Å². The molecule has 0 aromatic heterocycles. The molecule has 4 heteroatoms. The molecule has 0 bridgehead atoms. The summed E-state index contributed by atoms with van der Waals surface area (Å²) in [6.45, 7) is 12.1. The Kier molecular flexibility index (Phi) is 6.02. The van der Waals surface area contributed by atoms with Gasteiger partial charge in [0.05, 0.1) is 0 Å². The Hall–Kier alpha value is -1.55. The molecule has 20 heavy (non-hydrogen) atoms. The van der Waals surface area contributed by atoms with Gasteiger partial charge in [0, 0.05) is 36.4 Å². The van der Waals surface area contributed by atoms with E-state index in [-0.39, 0.29) is 5.91 Å². The molecule has 0 atom stereocenters. The van der Waals surface area contributed by atoms with E-state index in [1.54, 1.807) is 6.07 Å². The number of nitrogens with two attached hydrogens (primary N) is 1. The van der Waals surface area contributed by atoms with Crippen molar-refractivity contribution in [3.63, 3.8) is 0 Å². The fourth-order valence-electron chi connectivity index (χ4n) is 2.39. The number of nitrogens with one attached hydrogen (secondary N) is 1. The maximum Gasteiger partial charge on any atom is 0.251 e.